The van der Waals surface area contributed by atoms with Gasteiger partial charge in [-0.3, -0.25) is 0 Å². The van der Waals surface area contributed by atoms with Crippen molar-refractivity contribution in [3.05, 3.63) is 46.8 Å². The first-order valence-corrected chi connectivity index (χ1v) is 7.88. The molecule has 1 N–H and O–H groups in total. The monoisotopic (exact) mass is 334 g/mol. The molecule has 0 spiro atoms. The first kappa shape index (κ1) is 13.6. The van der Waals surface area contributed by atoms with E-state index in [-0.39, 0.29) is 6.04 Å². The summed E-state index contributed by atoms with van der Waals surface area (Å²) in [5, 5.41) is 3.49. The first-order valence-electron chi connectivity index (χ1n) is 7.09. The Balaban J connectivity index is 1.72. The molecule has 1 unspecified atom stereocenters. The fourth-order valence-electron chi connectivity index (χ4n) is 2.65. The normalized spacial score (nSPS) is 16.4. The van der Waals surface area contributed by atoms with E-state index in [0.717, 1.165) is 16.1 Å². The smallest absolute Gasteiger partial charge is 0.169 e. The Labute approximate surface area is 128 Å². The van der Waals surface area contributed by atoms with Gasteiger partial charge in [-0.25, -0.2) is 0 Å². The molecule has 3 nitrogen and oxygen atoms in total. The third-order valence-corrected chi connectivity index (χ3v) is 4.15. The van der Waals surface area contributed by atoms with Gasteiger partial charge in [0.2, 0.25) is 0 Å². The Morgan fingerprint density at radius 1 is 1.20 bits per heavy atom. The summed E-state index contributed by atoms with van der Waals surface area (Å²) in [4.78, 5) is 2.44. The number of furan rings is 1. The Hall–Kier alpha value is -1.42. The van der Waals surface area contributed by atoms with Gasteiger partial charge in [0.15, 0.2) is 4.67 Å². The average Bonchev–Trinajstić information content (AvgIpc) is 3.10. The van der Waals surface area contributed by atoms with Crippen molar-refractivity contribution >= 4 is 27.3 Å². The topological polar surface area (TPSA) is 28.4 Å². The highest BCUT2D eigenvalue weighted by molar-refractivity contribution is 9.10. The molecule has 20 heavy (non-hydrogen) atoms. The maximum absolute atomic E-state index is 5.59. The lowest BCUT2D eigenvalue weighted by Gasteiger charge is -2.20. The Kier molecular flexibility index (Phi) is 4.01. The Bertz CT molecular complexity index is 575. The van der Waals surface area contributed by atoms with E-state index >= 15 is 0 Å². The van der Waals surface area contributed by atoms with Crippen LogP contribution in [0.15, 0.2) is 45.5 Å². The van der Waals surface area contributed by atoms with Crippen LogP contribution in [0.5, 0.6) is 0 Å². The summed E-state index contributed by atoms with van der Waals surface area (Å²) in [5.41, 5.74) is 2.44. The second-order valence-electron chi connectivity index (χ2n) is 5.25. The molecule has 0 saturated carbocycles. The summed E-state index contributed by atoms with van der Waals surface area (Å²) in [7, 11) is 0. The van der Waals surface area contributed by atoms with Gasteiger partial charge in [0, 0.05) is 24.5 Å². The molecule has 1 aromatic heterocycles. The number of benzene rings is 1. The second-order valence-corrected chi connectivity index (χ2v) is 6.03. The van der Waals surface area contributed by atoms with Crippen LogP contribution in [0.4, 0.5) is 11.4 Å². The molecular formula is C16H19BrN2O. The van der Waals surface area contributed by atoms with E-state index in [0.29, 0.717) is 0 Å². The summed E-state index contributed by atoms with van der Waals surface area (Å²) in [5.74, 6) is 0.934. The number of rotatable bonds is 4. The fourth-order valence-corrected chi connectivity index (χ4v) is 2.97. The molecule has 1 fully saturated rings. The molecule has 0 aliphatic carbocycles. The first-order chi connectivity index (χ1) is 9.72. The summed E-state index contributed by atoms with van der Waals surface area (Å²) in [6, 6.07) is 12.7. The van der Waals surface area contributed by atoms with Crippen molar-refractivity contribution in [1.29, 1.82) is 0 Å². The summed E-state index contributed by atoms with van der Waals surface area (Å²) in [6.45, 7) is 4.45. The highest BCUT2D eigenvalue weighted by Crippen LogP contribution is 2.27. The van der Waals surface area contributed by atoms with E-state index in [2.05, 4.69) is 57.3 Å². The highest BCUT2D eigenvalue weighted by Gasteiger charge is 2.14. The highest BCUT2D eigenvalue weighted by atomic mass is 79.9. The van der Waals surface area contributed by atoms with E-state index in [1.165, 1.54) is 31.6 Å². The second kappa shape index (κ2) is 5.92. The largest absolute Gasteiger partial charge is 0.452 e. The van der Waals surface area contributed by atoms with Crippen molar-refractivity contribution in [2.75, 3.05) is 23.3 Å². The van der Waals surface area contributed by atoms with Crippen molar-refractivity contribution < 1.29 is 4.42 Å². The number of nitrogens with one attached hydrogen (secondary N) is 1. The molecule has 0 amide bonds. The zero-order valence-corrected chi connectivity index (χ0v) is 13.2. The minimum absolute atomic E-state index is 0.148. The lowest BCUT2D eigenvalue weighted by Crippen LogP contribution is -2.17. The van der Waals surface area contributed by atoms with E-state index in [9.17, 15) is 0 Å². The lowest BCUT2D eigenvalue weighted by atomic mass is 10.2. The third-order valence-electron chi connectivity index (χ3n) is 3.72. The molecule has 2 aromatic rings. The number of hydrogen-bond acceptors (Lipinski definition) is 3. The van der Waals surface area contributed by atoms with Crippen molar-refractivity contribution in [1.82, 2.24) is 0 Å². The third kappa shape index (κ3) is 3.01. The molecule has 106 valence electrons. The molecule has 3 rings (SSSR count). The predicted octanol–water partition coefficient (Wildman–Crippen LogP) is 4.82. The molecule has 0 bridgehead atoms. The van der Waals surface area contributed by atoms with Crippen LogP contribution in [-0.4, -0.2) is 13.1 Å². The zero-order chi connectivity index (χ0) is 13.9. The van der Waals surface area contributed by atoms with Gasteiger partial charge in [-0.1, -0.05) is 6.07 Å². The molecule has 1 aliphatic heterocycles. The molecule has 1 atom stereocenters. The standard InChI is InChI=1S/C16H19BrN2O/c1-12(15-7-8-16(17)20-15)18-13-5-4-6-14(11-13)19-9-2-3-10-19/h4-8,11-12,18H,2-3,9-10H2,1H3. The Morgan fingerprint density at radius 3 is 2.70 bits per heavy atom. The zero-order valence-electron chi connectivity index (χ0n) is 11.6. The predicted molar refractivity (Wildman–Crippen MR) is 86.3 cm³/mol. The van der Waals surface area contributed by atoms with E-state index < -0.39 is 0 Å². The fraction of sp³-hybridized carbons (Fsp3) is 0.375. The van der Waals surface area contributed by atoms with Gasteiger partial charge >= 0.3 is 0 Å². The van der Waals surface area contributed by atoms with Crippen LogP contribution in [-0.2, 0) is 0 Å². The van der Waals surface area contributed by atoms with Crippen molar-refractivity contribution in [3.8, 4) is 0 Å². The maximum Gasteiger partial charge on any atom is 0.169 e. The van der Waals surface area contributed by atoms with Crippen LogP contribution in [0, 0.1) is 0 Å². The summed E-state index contributed by atoms with van der Waals surface area (Å²) >= 11 is 3.34. The molecule has 0 radical (unpaired) electrons. The van der Waals surface area contributed by atoms with Gasteiger partial charge < -0.3 is 14.6 Å². The van der Waals surface area contributed by atoms with Gasteiger partial charge in [0.05, 0.1) is 6.04 Å². The van der Waals surface area contributed by atoms with Gasteiger partial charge in [-0.15, -0.1) is 0 Å². The Morgan fingerprint density at radius 2 is 2.00 bits per heavy atom. The minimum Gasteiger partial charge on any atom is -0.452 e. The van der Waals surface area contributed by atoms with Crippen molar-refractivity contribution in [2.24, 2.45) is 0 Å². The van der Waals surface area contributed by atoms with Gasteiger partial charge in [-0.2, -0.15) is 0 Å². The van der Waals surface area contributed by atoms with Gasteiger partial charge in [-0.05, 0) is 66.0 Å². The van der Waals surface area contributed by atoms with Gasteiger partial charge in [0.25, 0.3) is 0 Å². The SMILES string of the molecule is CC(Nc1cccc(N2CCCC2)c1)c1ccc(Br)o1. The maximum atomic E-state index is 5.59. The van der Waals surface area contributed by atoms with Crippen molar-refractivity contribution in [3.63, 3.8) is 0 Å². The number of nitrogens with zero attached hydrogens (tertiary/aromatic N) is 1. The van der Waals surface area contributed by atoms with Crippen LogP contribution in [0.3, 0.4) is 0 Å². The molecule has 4 heteroatoms. The summed E-state index contributed by atoms with van der Waals surface area (Å²) in [6.07, 6.45) is 2.60. The van der Waals surface area contributed by atoms with Gasteiger partial charge in [0.1, 0.15) is 5.76 Å². The average molecular weight is 335 g/mol. The van der Waals surface area contributed by atoms with E-state index in [1.54, 1.807) is 0 Å². The number of halogens is 1. The molecular weight excluding hydrogens is 316 g/mol. The number of hydrogen-bond donors (Lipinski definition) is 1. The van der Waals surface area contributed by atoms with Crippen molar-refractivity contribution in [2.45, 2.75) is 25.8 Å². The summed E-state index contributed by atoms with van der Waals surface area (Å²) < 4.78 is 6.36. The van der Waals surface area contributed by atoms with Crippen LogP contribution in [0.25, 0.3) is 0 Å². The molecule has 1 aliphatic rings. The minimum atomic E-state index is 0.148. The molecule has 1 saturated heterocycles. The van der Waals surface area contributed by atoms with Crippen LogP contribution < -0.4 is 10.2 Å². The van der Waals surface area contributed by atoms with Crippen LogP contribution >= 0.6 is 15.9 Å². The molecule has 2 heterocycles. The van der Waals surface area contributed by atoms with E-state index in [1.807, 2.05) is 12.1 Å². The molecule has 1 aromatic carbocycles. The van der Waals surface area contributed by atoms with Crippen LogP contribution in [0.1, 0.15) is 31.6 Å². The van der Waals surface area contributed by atoms with Crippen LogP contribution in [0.2, 0.25) is 0 Å². The number of anilines is 2. The lowest BCUT2D eigenvalue weighted by molar-refractivity contribution is 0.471. The van der Waals surface area contributed by atoms with E-state index in [4.69, 9.17) is 4.42 Å². The quantitative estimate of drug-likeness (QED) is 0.869.